The van der Waals surface area contributed by atoms with E-state index in [9.17, 15) is 22.8 Å². The molecule has 3 atom stereocenters. The Morgan fingerprint density at radius 3 is 2.58 bits per heavy atom. The van der Waals surface area contributed by atoms with E-state index >= 15 is 0 Å². The van der Waals surface area contributed by atoms with Crippen LogP contribution in [-0.4, -0.2) is 45.1 Å². The second kappa shape index (κ2) is 6.06. The number of fused-ring (bicyclic) bond motifs is 1. The maximum Gasteiger partial charge on any atom is 0.182 e. The zero-order valence-corrected chi connectivity index (χ0v) is 14.5. The van der Waals surface area contributed by atoms with Crippen LogP contribution in [0.25, 0.3) is 0 Å². The van der Waals surface area contributed by atoms with Gasteiger partial charge in [0, 0.05) is 30.7 Å². The lowest BCUT2D eigenvalue weighted by Gasteiger charge is -2.28. The summed E-state index contributed by atoms with van der Waals surface area (Å²) in [6.07, 6.45) is 1.22. The summed E-state index contributed by atoms with van der Waals surface area (Å²) in [5.41, 5.74) is 0.000160. The van der Waals surface area contributed by atoms with Crippen LogP contribution < -0.4 is 5.32 Å². The molecule has 0 amide bonds. The lowest BCUT2D eigenvalue weighted by atomic mass is 9.71. The standard InChI is InChI=1S/C16H16ClNO5S/c1-24(22,23)9-2-3-10(12(17)5-9)15(20)14-13(19)4-8-6-18-7-11(8)16(14)21/h2-3,5,8,11,14,18H,4,6-7H2,1H3. The first-order valence-electron chi connectivity index (χ1n) is 7.51. The van der Waals surface area contributed by atoms with Crippen LogP contribution in [0.15, 0.2) is 23.1 Å². The molecule has 1 aromatic carbocycles. The van der Waals surface area contributed by atoms with Crippen molar-refractivity contribution in [1.82, 2.24) is 5.32 Å². The number of benzene rings is 1. The van der Waals surface area contributed by atoms with Crippen molar-refractivity contribution in [2.75, 3.05) is 19.3 Å². The summed E-state index contributed by atoms with van der Waals surface area (Å²) in [6.45, 7) is 1.08. The molecule has 1 heterocycles. The molecule has 3 rings (SSSR count). The van der Waals surface area contributed by atoms with Gasteiger partial charge in [-0.1, -0.05) is 11.6 Å². The molecule has 1 aliphatic carbocycles. The van der Waals surface area contributed by atoms with Crippen molar-refractivity contribution in [1.29, 1.82) is 0 Å². The van der Waals surface area contributed by atoms with Gasteiger partial charge in [-0.3, -0.25) is 14.4 Å². The molecule has 0 bridgehead atoms. The molecule has 1 saturated heterocycles. The summed E-state index contributed by atoms with van der Waals surface area (Å²) in [5.74, 6) is -3.12. The average molecular weight is 370 g/mol. The van der Waals surface area contributed by atoms with E-state index in [1.165, 1.54) is 18.2 Å². The molecule has 0 radical (unpaired) electrons. The van der Waals surface area contributed by atoms with Crippen LogP contribution in [0.1, 0.15) is 16.8 Å². The number of halogens is 1. The number of hydrogen-bond donors (Lipinski definition) is 1. The molecule has 24 heavy (non-hydrogen) atoms. The van der Waals surface area contributed by atoms with Gasteiger partial charge in [-0.05, 0) is 30.7 Å². The summed E-state index contributed by atoms with van der Waals surface area (Å²) < 4.78 is 23.1. The Bertz CT molecular complexity index is 848. The maximum absolute atomic E-state index is 12.7. The lowest BCUT2D eigenvalue weighted by molar-refractivity contribution is -0.137. The third-order valence-electron chi connectivity index (χ3n) is 4.67. The van der Waals surface area contributed by atoms with E-state index in [1.54, 1.807) is 0 Å². The normalized spacial score (nSPS) is 27.2. The second-order valence-electron chi connectivity index (χ2n) is 6.31. The van der Waals surface area contributed by atoms with Crippen LogP contribution in [0.4, 0.5) is 0 Å². The van der Waals surface area contributed by atoms with Crippen LogP contribution >= 0.6 is 11.6 Å². The fraction of sp³-hybridized carbons (Fsp3) is 0.438. The number of rotatable bonds is 3. The SMILES string of the molecule is CS(=O)(=O)c1ccc(C(=O)C2C(=O)CC3CNCC3C2=O)c(Cl)c1. The third-order valence-corrected chi connectivity index (χ3v) is 6.09. The highest BCUT2D eigenvalue weighted by atomic mass is 35.5. The summed E-state index contributed by atoms with van der Waals surface area (Å²) in [5, 5.41) is 3.00. The number of ketones is 3. The minimum atomic E-state index is -3.46. The van der Waals surface area contributed by atoms with Gasteiger partial charge in [-0.15, -0.1) is 0 Å². The molecule has 1 aliphatic heterocycles. The van der Waals surface area contributed by atoms with Crippen LogP contribution in [0.3, 0.4) is 0 Å². The number of nitrogens with one attached hydrogen (secondary N) is 1. The van der Waals surface area contributed by atoms with Crippen molar-refractivity contribution in [2.24, 2.45) is 17.8 Å². The van der Waals surface area contributed by atoms with Gasteiger partial charge in [0.05, 0.1) is 9.92 Å². The topological polar surface area (TPSA) is 97.4 Å². The number of hydrogen-bond acceptors (Lipinski definition) is 6. The fourth-order valence-electron chi connectivity index (χ4n) is 3.39. The molecule has 8 heteroatoms. The Labute approximate surface area is 144 Å². The quantitative estimate of drug-likeness (QED) is 0.628. The van der Waals surface area contributed by atoms with Crippen molar-refractivity contribution in [2.45, 2.75) is 11.3 Å². The Balaban J connectivity index is 1.94. The summed E-state index contributed by atoms with van der Waals surface area (Å²) >= 11 is 6.04. The van der Waals surface area contributed by atoms with Crippen molar-refractivity contribution in [3.8, 4) is 0 Å². The smallest absolute Gasteiger partial charge is 0.182 e. The van der Waals surface area contributed by atoms with Crippen molar-refractivity contribution < 1.29 is 22.8 Å². The van der Waals surface area contributed by atoms with Gasteiger partial charge in [-0.2, -0.15) is 0 Å². The van der Waals surface area contributed by atoms with Gasteiger partial charge in [0.15, 0.2) is 27.2 Å². The summed E-state index contributed by atoms with van der Waals surface area (Å²) in [7, 11) is -3.46. The lowest BCUT2D eigenvalue weighted by Crippen LogP contribution is -2.44. The molecule has 6 nitrogen and oxygen atoms in total. The second-order valence-corrected chi connectivity index (χ2v) is 8.73. The Hall–Kier alpha value is -1.57. The van der Waals surface area contributed by atoms with Crippen molar-refractivity contribution in [3.05, 3.63) is 28.8 Å². The maximum atomic E-state index is 12.7. The minimum Gasteiger partial charge on any atom is -0.316 e. The average Bonchev–Trinajstić information content (AvgIpc) is 2.94. The predicted molar refractivity (Wildman–Crippen MR) is 86.9 cm³/mol. The number of Topliss-reactive ketones (excluding diaryl/α,β-unsaturated/α-hetero) is 3. The zero-order valence-electron chi connectivity index (χ0n) is 12.9. The van der Waals surface area contributed by atoms with Crippen LogP contribution in [0, 0.1) is 17.8 Å². The van der Waals surface area contributed by atoms with E-state index in [-0.39, 0.29) is 39.5 Å². The molecule has 0 spiro atoms. The van der Waals surface area contributed by atoms with E-state index in [4.69, 9.17) is 11.6 Å². The molecule has 1 aromatic rings. The Morgan fingerprint density at radius 2 is 1.96 bits per heavy atom. The molecule has 3 unspecified atom stereocenters. The van der Waals surface area contributed by atoms with E-state index in [2.05, 4.69) is 5.32 Å². The fourth-order valence-corrected chi connectivity index (χ4v) is 4.37. The molecule has 2 aliphatic rings. The van der Waals surface area contributed by atoms with Crippen molar-refractivity contribution >= 4 is 38.8 Å². The highest BCUT2D eigenvalue weighted by molar-refractivity contribution is 7.90. The van der Waals surface area contributed by atoms with Crippen LogP contribution in [0.5, 0.6) is 0 Å². The van der Waals surface area contributed by atoms with E-state index in [0.29, 0.717) is 13.1 Å². The number of carbonyl (C=O) groups excluding carboxylic acids is 3. The molecule has 1 N–H and O–H groups in total. The largest absolute Gasteiger partial charge is 0.316 e. The first-order valence-corrected chi connectivity index (χ1v) is 9.78. The van der Waals surface area contributed by atoms with Gasteiger partial charge in [0.1, 0.15) is 5.92 Å². The molecule has 1 saturated carbocycles. The van der Waals surface area contributed by atoms with E-state index in [0.717, 1.165) is 6.26 Å². The summed E-state index contributed by atoms with van der Waals surface area (Å²) in [6, 6.07) is 3.69. The minimum absolute atomic E-state index is 0.000160. The van der Waals surface area contributed by atoms with Gasteiger partial charge in [0.25, 0.3) is 0 Å². The highest BCUT2D eigenvalue weighted by Crippen LogP contribution is 2.34. The predicted octanol–water partition coefficient (Wildman–Crippen LogP) is 0.920. The zero-order chi connectivity index (χ0) is 17.6. The van der Waals surface area contributed by atoms with E-state index in [1.807, 2.05) is 0 Å². The highest BCUT2D eigenvalue weighted by Gasteiger charge is 2.48. The van der Waals surface area contributed by atoms with Gasteiger partial charge in [0.2, 0.25) is 0 Å². The first-order chi connectivity index (χ1) is 11.2. The number of carbonyl (C=O) groups is 3. The van der Waals surface area contributed by atoms with Crippen LogP contribution in [0.2, 0.25) is 5.02 Å². The first kappa shape index (κ1) is 17.3. The van der Waals surface area contributed by atoms with Gasteiger partial charge >= 0.3 is 0 Å². The van der Waals surface area contributed by atoms with Gasteiger partial charge in [-0.25, -0.2) is 8.42 Å². The molecule has 2 fully saturated rings. The van der Waals surface area contributed by atoms with Crippen molar-refractivity contribution in [3.63, 3.8) is 0 Å². The molecular formula is C16H16ClNO5S. The Kier molecular flexibility index (Phi) is 4.36. The van der Waals surface area contributed by atoms with Gasteiger partial charge < -0.3 is 5.32 Å². The van der Waals surface area contributed by atoms with E-state index < -0.39 is 27.3 Å². The molecular weight excluding hydrogens is 354 g/mol. The molecule has 0 aromatic heterocycles. The Morgan fingerprint density at radius 1 is 1.25 bits per heavy atom. The number of sulfone groups is 1. The monoisotopic (exact) mass is 369 g/mol. The van der Waals surface area contributed by atoms with Crippen LogP contribution in [-0.2, 0) is 19.4 Å². The summed E-state index contributed by atoms with van der Waals surface area (Å²) in [4.78, 5) is 37.5. The third kappa shape index (κ3) is 2.92. The molecule has 128 valence electrons.